The van der Waals surface area contributed by atoms with Gasteiger partial charge < -0.3 is 14.5 Å². The number of ketones is 1. The maximum absolute atomic E-state index is 12.1. The van der Waals surface area contributed by atoms with Crippen molar-refractivity contribution in [3.8, 4) is 5.75 Å². The number of carbonyl (C=O) groups is 2. The number of hydrogen-bond donors (Lipinski definition) is 1. The van der Waals surface area contributed by atoms with Crippen molar-refractivity contribution in [3.63, 3.8) is 0 Å². The molecule has 1 aromatic heterocycles. The van der Waals surface area contributed by atoms with Crippen molar-refractivity contribution in [1.82, 2.24) is 0 Å². The predicted molar refractivity (Wildman–Crippen MR) is 97.8 cm³/mol. The van der Waals surface area contributed by atoms with Crippen molar-refractivity contribution < 1.29 is 18.7 Å². The van der Waals surface area contributed by atoms with E-state index in [0.717, 1.165) is 0 Å². The second kappa shape index (κ2) is 7.23. The number of hydrogen-bond acceptors (Lipinski definition) is 5. The van der Waals surface area contributed by atoms with Gasteiger partial charge in [0.2, 0.25) is 5.91 Å². The molecule has 2 aromatic carbocycles. The van der Waals surface area contributed by atoms with Gasteiger partial charge in [-0.3, -0.25) is 9.59 Å². The molecule has 1 amide bonds. The number of aryl methyl sites for hydroxylation is 1. The highest BCUT2D eigenvalue weighted by molar-refractivity contribution is 5.97. The molecule has 0 bridgehead atoms. The molecule has 26 heavy (non-hydrogen) atoms. The quantitative estimate of drug-likeness (QED) is 0.563. The molecule has 0 unspecified atom stereocenters. The SMILES string of the molecule is CC(=O)Nc1c(C)c2ccc(OCC(=O)c3ccccc3)cc2oc1=O. The smallest absolute Gasteiger partial charge is 0.360 e. The number of amides is 1. The fourth-order valence-corrected chi connectivity index (χ4v) is 2.60. The van der Waals surface area contributed by atoms with Crippen LogP contribution in [0.3, 0.4) is 0 Å². The van der Waals surface area contributed by atoms with Gasteiger partial charge in [-0.1, -0.05) is 30.3 Å². The van der Waals surface area contributed by atoms with Crippen LogP contribution in [0.25, 0.3) is 11.0 Å². The van der Waals surface area contributed by atoms with Crippen LogP contribution in [0, 0.1) is 6.92 Å². The summed E-state index contributed by atoms with van der Waals surface area (Å²) in [6.45, 7) is 2.93. The van der Waals surface area contributed by atoms with Gasteiger partial charge in [-0.25, -0.2) is 4.79 Å². The summed E-state index contributed by atoms with van der Waals surface area (Å²) in [6.07, 6.45) is 0. The summed E-state index contributed by atoms with van der Waals surface area (Å²) in [6, 6.07) is 13.8. The lowest BCUT2D eigenvalue weighted by molar-refractivity contribution is -0.114. The van der Waals surface area contributed by atoms with Crippen molar-refractivity contribution >= 4 is 28.3 Å². The van der Waals surface area contributed by atoms with Gasteiger partial charge in [-0.2, -0.15) is 0 Å². The molecule has 1 heterocycles. The Morgan fingerprint density at radius 2 is 1.85 bits per heavy atom. The van der Waals surface area contributed by atoms with E-state index in [-0.39, 0.29) is 24.0 Å². The summed E-state index contributed by atoms with van der Waals surface area (Å²) >= 11 is 0. The molecular formula is C20H17NO5. The van der Waals surface area contributed by atoms with E-state index in [0.29, 0.717) is 27.8 Å². The minimum absolute atomic E-state index is 0.122. The Labute approximate surface area is 149 Å². The average Bonchev–Trinajstić information content (AvgIpc) is 2.63. The van der Waals surface area contributed by atoms with Gasteiger partial charge in [0.25, 0.3) is 0 Å². The van der Waals surface area contributed by atoms with Gasteiger partial charge in [-0.15, -0.1) is 0 Å². The molecule has 0 aliphatic heterocycles. The van der Waals surface area contributed by atoms with Crippen LogP contribution in [0.2, 0.25) is 0 Å². The fraction of sp³-hybridized carbons (Fsp3) is 0.150. The molecule has 3 aromatic rings. The molecule has 132 valence electrons. The molecule has 0 spiro atoms. The van der Waals surface area contributed by atoms with Crippen molar-refractivity contribution in [1.29, 1.82) is 0 Å². The largest absolute Gasteiger partial charge is 0.485 e. The van der Waals surface area contributed by atoms with E-state index in [2.05, 4.69) is 5.32 Å². The minimum Gasteiger partial charge on any atom is -0.485 e. The van der Waals surface area contributed by atoms with Gasteiger partial charge in [0.1, 0.15) is 17.0 Å². The number of rotatable bonds is 5. The monoisotopic (exact) mass is 351 g/mol. The Bertz CT molecular complexity index is 1040. The molecule has 0 fully saturated rings. The summed E-state index contributed by atoms with van der Waals surface area (Å²) in [5, 5.41) is 3.16. The van der Waals surface area contributed by atoms with Crippen molar-refractivity contribution in [2.75, 3.05) is 11.9 Å². The minimum atomic E-state index is -0.636. The standard InChI is InChI=1S/C20H17NO5/c1-12-16-9-8-15(25-11-17(23)14-6-4-3-5-7-14)10-18(16)26-20(24)19(12)21-13(2)22/h3-10H,11H2,1-2H3,(H,21,22). The summed E-state index contributed by atoms with van der Waals surface area (Å²) in [5.41, 5.74) is 0.987. The van der Waals surface area contributed by atoms with Crippen molar-refractivity contribution in [2.45, 2.75) is 13.8 Å². The molecule has 0 atom stereocenters. The number of ether oxygens (including phenoxy) is 1. The number of fused-ring (bicyclic) bond motifs is 1. The van der Waals surface area contributed by atoms with E-state index in [4.69, 9.17) is 9.15 Å². The van der Waals surface area contributed by atoms with Gasteiger partial charge in [0.05, 0.1) is 0 Å². The third-order valence-corrected chi connectivity index (χ3v) is 3.91. The van der Waals surface area contributed by atoms with Crippen molar-refractivity contribution in [3.05, 3.63) is 70.1 Å². The first-order chi connectivity index (χ1) is 12.5. The number of Topliss-reactive ketones (excluding diaryl/α,β-unsaturated/α-hetero) is 1. The zero-order valence-electron chi connectivity index (χ0n) is 14.4. The van der Waals surface area contributed by atoms with Crippen LogP contribution < -0.4 is 15.7 Å². The molecule has 0 aliphatic rings. The topological polar surface area (TPSA) is 85.6 Å². The third kappa shape index (κ3) is 3.64. The van der Waals surface area contributed by atoms with E-state index in [9.17, 15) is 14.4 Å². The fourth-order valence-electron chi connectivity index (χ4n) is 2.60. The lowest BCUT2D eigenvalue weighted by atomic mass is 10.1. The molecule has 0 radical (unpaired) electrons. The Morgan fingerprint density at radius 1 is 1.12 bits per heavy atom. The van der Waals surface area contributed by atoms with Crippen molar-refractivity contribution in [2.24, 2.45) is 0 Å². The number of carbonyl (C=O) groups excluding carboxylic acids is 2. The van der Waals surface area contributed by atoms with Crippen LogP contribution in [0.1, 0.15) is 22.8 Å². The molecule has 6 nitrogen and oxygen atoms in total. The third-order valence-electron chi connectivity index (χ3n) is 3.91. The van der Waals surface area contributed by atoms with E-state index in [1.54, 1.807) is 49.4 Å². The first kappa shape index (κ1) is 17.4. The summed E-state index contributed by atoms with van der Waals surface area (Å²) in [4.78, 5) is 35.4. The van der Waals surface area contributed by atoms with Crippen LogP contribution in [-0.4, -0.2) is 18.3 Å². The van der Waals surface area contributed by atoms with Crippen LogP contribution >= 0.6 is 0 Å². The Morgan fingerprint density at radius 3 is 2.54 bits per heavy atom. The van der Waals surface area contributed by atoms with E-state index in [1.165, 1.54) is 6.92 Å². The Hall–Kier alpha value is -3.41. The van der Waals surface area contributed by atoms with Gasteiger partial charge in [-0.05, 0) is 24.6 Å². The molecule has 3 rings (SSSR count). The average molecular weight is 351 g/mol. The first-order valence-electron chi connectivity index (χ1n) is 8.02. The molecular weight excluding hydrogens is 334 g/mol. The number of nitrogens with one attached hydrogen (secondary N) is 1. The molecule has 6 heteroatoms. The lowest BCUT2D eigenvalue weighted by Gasteiger charge is -2.10. The van der Waals surface area contributed by atoms with Crippen LogP contribution in [0.5, 0.6) is 5.75 Å². The summed E-state index contributed by atoms with van der Waals surface area (Å²) in [7, 11) is 0. The lowest BCUT2D eigenvalue weighted by Crippen LogP contribution is -2.16. The molecule has 0 saturated heterocycles. The normalized spacial score (nSPS) is 10.5. The number of benzene rings is 2. The Kier molecular flexibility index (Phi) is 4.84. The van der Waals surface area contributed by atoms with E-state index < -0.39 is 5.63 Å². The van der Waals surface area contributed by atoms with Crippen LogP contribution in [0.4, 0.5) is 5.69 Å². The summed E-state index contributed by atoms with van der Waals surface area (Å²) in [5.74, 6) is -0.0833. The highest BCUT2D eigenvalue weighted by atomic mass is 16.5. The summed E-state index contributed by atoms with van der Waals surface area (Å²) < 4.78 is 10.8. The first-order valence-corrected chi connectivity index (χ1v) is 8.02. The van der Waals surface area contributed by atoms with Gasteiger partial charge in [0, 0.05) is 23.9 Å². The maximum atomic E-state index is 12.1. The predicted octanol–water partition coefficient (Wildman–Crippen LogP) is 3.32. The number of anilines is 1. The van der Waals surface area contributed by atoms with Crippen LogP contribution in [0.15, 0.2) is 57.7 Å². The highest BCUT2D eigenvalue weighted by Gasteiger charge is 2.13. The molecule has 1 N–H and O–H groups in total. The zero-order valence-corrected chi connectivity index (χ0v) is 14.4. The van der Waals surface area contributed by atoms with E-state index >= 15 is 0 Å². The van der Waals surface area contributed by atoms with Crippen LogP contribution in [-0.2, 0) is 4.79 Å². The van der Waals surface area contributed by atoms with Gasteiger partial charge >= 0.3 is 5.63 Å². The maximum Gasteiger partial charge on any atom is 0.360 e. The molecule has 0 saturated carbocycles. The zero-order chi connectivity index (χ0) is 18.7. The van der Waals surface area contributed by atoms with Gasteiger partial charge in [0.15, 0.2) is 12.4 Å². The second-order valence-corrected chi connectivity index (χ2v) is 5.81. The Balaban J connectivity index is 1.84. The highest BCUT2D eigenvalue weighted by Crippen LogP contribution is 2.26. The van der Waals surface area contributed by atoms with E-state index in [1.807, 2.05) is 6.07 Å². The molecule has 0 aliphatic carbocycles. The second-order valence-electron chi connectivity index (χ2n) is 5.81.